The summed E-state index contributed by atoms with van der Waals surface area (Å²) in [6.45, 7) is 5.59. The van der Waals surface area contributed by atoms with Crippen LogP contribution in [0.4, 0.5) is 5.69 Å². The van der Waals surface area contributed by atoms with E-state index in [0.29, 0.717) is 23.8 Å². The summed E-state index contributed by atoms with van der Waals surface area (Å²) in [6.07, 6.45) is 7.13. The van der Waals surface area contributed by atoms with Crippen molar-refractivity contribution in [2.45, 2.75) is 43.5 Å². The first-order chi connectivity index (χ1) is 13.2. The second-order valence-corrected chi connectivity index (χ2v) is 9.62. The fourth-order valence-electron chi connectivity index (χ4n) is 4.05. The standard InChI is InChI=1S/C23H27BrN2S/c1-3-15(2)14-25-27-18-11-12-22-21(13-18)19-5-4-6-20(19)23(26-22)16-7-9-17(24)10-8-16/h4-5,7-13,15,19-20,23,25-26H,3,6,14H2,1-2H3. The van der Waals surface area contributed by atoms with Crippen molar-refractivity contribution in [3.05, 3.63) is 70.2 Å². The van der Waals surface area contributed by atoms with Crippen LogP contribution in [0.25, 0.3) is 0 Å². The molecule has 0 saturated carbocycles. The molecule has 2 nitrogen and oxygen atoms in total. The number of anilines is 1. The lowest BCUT2D eigenvalue weighted by Crippen LogP contribution is -2.29. The molecule has 0 radical (unpaired) electrons. The van der Waals surface area contributed by atoms with E-state index < -0.39 is 0 Å². The van der Waals surface area contributed by atoms with Gasteiger partial charge in [-0.15, -0.1) is 0 Å². The summed E-state index contributed by atoms with van der Waals surface area (Å²) in [4.78, 5) is 1.31. The molecule has 4 atom stereocenters. The summed E-state index contributed by atoms with van der Waals surface area (Å²) in [5, 5.41) is 3.83. The van der Waals surface area contributed by atoms with E-state index in [1.165, 1.54) is 28.1 Å². The van der Waals surface area contributed by atoms with Gasteiger partial charge < -0.3 is 5.32 Å². The van der Waals surface area contributed by atoms with Gasteiger partial charge in [-0.05, 0) is 71.7 Å². The smallest absolute Gasteiger partial charge is 0.0553 e. The lowest BCUT2D eigenvalue weighted by atomic mass is 9.77. The van der Waals surface area contributed by atoms with Crippen molar-refractivity contribution in [1.82, 2.24) is 4.72 Å². The summed E-state index contributed by atoms with van der Waals surface area (Å²) < 4.78 is 4.67. The van der Waals surface area contributed by atoms with Gasteiger partial charge in [0.05, 0.1) is 6.04 Å². The van der Waals surface area contributed by atoms with Crippen LogP contribution in [0.1, 0.15) is 49.8 Å². The van der Waals surface area contributed by atoms with Crippen LogP contribution in [-0.4, -0.2) is 6.54 Å². The average molecular weight is 443 g/mol. The van der Waals surface area contributed by atoms with E-state index in [1.54, 1.807) is 11.9 Å². The van der Waals surface area contributed by atoms with Crippen LogP contribution in [0.2, 0.25) is 0 Å². The Kier molecular flexibility index (Phi) is 5.96. The van der Waals surface area contributed by atoms with E-state index in [4.69, 9.17) is 0 Å². The first kappa shape index (κ1) is 19.1. The van der Waals surface area contributed by atoms with Crippen LogP contribution >= 0.6 is 27.9 Å². The molecule has 0 fully saturated rings. The van der Waals surface area contributed by atoms with Gasteiger partial charge in [0.2, 0.25) is 0 Å². The maximum Gasteiger partial charge on any atom is 0.0553 e. The predicted molar refractivity (Wildman–Crippen MR) is 120 cm³/mol. The lowest BCUT2D eigenvalue weighted by molar-refractivity contribution is 0.425. The SMILES string of the molecule is CCC(C)CNSc1ccc2c(c1)C1C=CCC1C(c1ccc(Br)cc1)N2. The highest BCUT2D eigenvalue weighted by Gasteiger charge is 2.37. The topological polar surface area (TPSA) is 24.1 Å². The molecule has 2 aromatic carbocycles. The maximum absolute atomic E-state index is 3.83. The van der Waals surface area contributed by atoms with Crippen molar-refractivity contribution in [1.29, 1.82) is 0 Å². The first-order valence-electron chi connectivity index (χ1n) is 9.88. The van der Waals surface area contributed by atoms with Crippen LogP contribution in [0, 0.1) is 11.8 Å². The van der Waals surface area contributed by atoms with E-state index in [9.17, 15) is 0 Å². The Morgan fingerprint density at radius 1 is 1.22 bits per heavy atom. The summed E-state index contributed by atoms with van der Waals surface area (Å²) in [5.41, 5.74) is 4.09. The van der Waals surface area contributed by atoms with Gasteiger partial charge in [-0.2, -0.15) is 0 Å². The third-order valence-corrected chi connectivity index (χ3v) is 7.21. The minimum absolute atomic E-state index is 0.368. The number of benzene rings is 2. The quantitative estimate of drug-likeness (QED) is 0.374. The molecule has 142 valence electrons. The molecule has 0 aromatic heterocycles. The third kappa shape index (κ3) is 4.13. The monoisotopic (exact) mass is 442 g/mol. The molecule has 4 unspecified atom stereocenters. The molecule has 1 heterocycles. The molecule has 1 aliphatic carbocycles. The van der Waals surface area contributed by atoms with Gasteiger partial charge >= 0.3 is 0 Å². The van der Waals surface area contributed by atoms with E-state index in [1.807, 2.05) is 0 Å². The zero-order valence-corrected chi connectivity index (χ0v) is 18.3. The molecule has 2 aromatic rings. The number of hydrogen-bond acceptors (Lipinski definition) is 3. The van der Waals surface area contributed by atoms with Crippen LogP contribution in [0.5, 0.6) is 0 Å². The predicted octanol–water partition coefficient (Wildman–Crippen LogP) is 6.92. The number of halogens is 1. The number of allylic oxidation sites excluding steroid dienone is 2. The van der Waals surface area contributed by atoms with Gasteiger partial charge in [-0.3, -0.25) is 4.72 Å². The highest BCUT2D eigenvalue weighted by molar-refractivity contribution is 9.10. The Labute approximate surface area is 175 Å². The van der Waals surface area contributed by atoms with E-state index in [0.717, 1.165) is 17.4 Å². The molecule has 1 aliphatic heterocycles. The number of hydrogen-bond donors (Lipinski definition) is 2. The molecular weight excluding hydrogens is 416 g/mol. The van der Waals surface area contributed by atoms with Gasteiger partial charge in [0, 0.05) is 27.5 Å². The highest BCUT2D eigenvalue weighted by atomic mass is 79.9. The molecule has 0 saturated heterocycles. The van der Waals surface area contributed by atoms with E-state index in [-0.39, 0.29) is 0 Å². The summed E-state index contributed by atoms with van der Waals surface area (Å²) in [7, 11) is 0. The van der Waals surface area contributed by atoms with Crippen LogP contribution in [-0.2, 0) is 0 Å². The van der Waals surface area contributed by atoms with Gasteiger partial charge in [-0.25, -0.2) is 0 Å². The third-order valence-electron chi connectivity index (χ3n) is 5.88. The number of nitrogens with one attached hydrogen (secondary N) is 2. The Morgan fingerprint density at radius 2 is 2.04 bits per heavy atom. The molecule has 4 heteroatoms. The Balaban J connectivity index is 1.55. The molecule has 2 N–H and O–H groups in total. The van der Waals surface area contributed by atoms with Crippen molar-refractivity contribution in [2.24, 2.45) is 11.8 Å². The molecule has 0 bridgehead atoms. The van der Waals surface area contributed by atoms with Crippen molar-refractivity contribution in [3.8, 4) is 0 Å². The molecule has 0 spiro atoms. The molecule has 27 heavy (non-hydrogen) atoms. The van der Waals surface area contributed by atoms with Crippen LogP contribution in [0.3, 0.4) is 0 Å². The lowest BCUT2D eigenvalue weighted by Gasteiger charge is -2.37. The van der Waals surface area contributed by atoms with Crippen molar-refractivity contribution < 1.29 is 0 Å². The minimum Gasteiger partial charge on any atom is -0.378 e. The highest BCUT2D eigenvalue weighted by Crippen LogP contribution is 2.50. The molecular formula is C23H27BrN2S. The summed E-state index contributed by atoms with van der Waals surface area (Å²) in [6, 6.07) is 16.0. The van der Waals surface area contributed by atoms with Gasteiger partial charge in [0.1, 0.15) is 0 Å². The second kappa shape index (κ2) is 8.42. The fraction of sp³-hybridized carbons (Fsp3) is 0.391. The van der Waals surface area contributed by atoms with Crippen molar-refractivity contribution in [3.63, 3.8) is 0 Å². The normalized spacial score (nSPS) is 24.2. The zero-order chi connectivity index (χ0) is 18.8. The maximum atomic E-state index is 3.83. The first-order valence-corrected chi connectivity index (χ1v) is 11.5. The average Bonchev–Trinajstić information content (AvgIpc) is 3.18. The Morgan fingerprint density at radius 3 is 2.81 bits per heavy atom. The Hall–Kier alpha value is -1.23. The second-order valence-electron chi connectivity index (χ2n) is 7.74. The Bertz CT molecular complexity index is 818. The molecule has 2 aliphatic rings. The largest absolute Gasteiger partial charge is 0.378 e. The zero-order valence-electron chi connectivity index (χ0n) is 15.9. The van der Waals surface area contributed by atoms with E-state index in [2.05, 4.69) is 94.4 Å². The minimum atomic E-state index is 0.368. The van der Waals surface area contributed by atoms with Gasteiger partial charge in [0.15, 0.2) is 0 Å². The molecule has 4 rings (SSSR count). The van der Waals surface area contributed by atoms with E-state index >= 15 is 0 Å². The van der Waals surface area contributed by atoms with Crippen LogP contribution < -0.4 is 10.0 Å². The van der Waals surface area contributed by atoms with Crippen molar-refractivity contribution >= 4 is 33.6 Å². The summed E-state index contributed by atoms with van der Waals surface area (Å²) >= 11 is 5.32. The van der Waals surface area contributed by atoms with Gasteiger partial charge in [0.25, 0.3) is 0 Å². The fourth-order valence-corrected chi connectivity index (χ4v) is 5.17. The number of fused-ring (bicyclic) bond motifs is 3. The number of rotatable bonds is 6. The van der Waals surface area contributed by atoms with Crippen molar-refractivity contribution in [2.75, 3.05) is 11.9 Å². The molecule has 0 amide bonds. The van der Waals surface area contributed by atoms with Gasteiger partial charge in [-0.1, -0.05) is 60.5 Å². The van der Waals surface area contributed by atoms with Crippen LogP contribution in [0.15, 0.2) is 64.0 Å². The summed E-state index contributed by atoms with van der Waals surface area (Å²) in [5.74, 6) is 1.81.